The van der Waals surface area contributed by atoms with E-state index in [1.54, 1.807) is 29.7 Å². The van der Waals surface area contributed by atoms with Crippen LogP contribution in [0.5, 0.6) is 11.5 Å². The molecule has 1 aliphatic heterocycles. The van der Waals surface area contributed by atoms with Crippen molar-refractivity contribution in [3.63, 3.8) is 0 Å². The van der Waals surface area contributed by atoms with E-state index < -0.39 is 0 Å². The van der Waals surface area contributed by atoms with E-state index in [0.717, 1.165) is 30.4 Å². The second kappa shape index (κ2) is 8.01. The Bertz CT molecular complexity index is 646. The van der Waals surface area contributed by atoms with E-state index in [2.05, 4.69) is 15.2 Å². The van der Waals surface area contributed by atoms with E-state index in [1.807, 2.05) is 24.4 Å². The Morgan fingerprint density at radius 2 is 2.08 bits per heavy atom. The van der Waals surface area contributed by atoms with E-state index in [-0.39, 0.29) is 18.6 Å². The lowest BCUT2D eigenvalue weighted by molar-refractivity contribution is -0.123. The van der Waals surface area contributed by atoms with Gasteiger partial charge < -0.3 is 19.7 Å². The third kappa shape index (κ3) is 4.38. The molecule has 1 N–H and O–H groups in total. The van der Waals surface area contributed by atoms with Gasteiger partial charge in [0.15, 0.2) is 11.7 Å². The first kappa shape index (κ1) is 16.6. The molecule has 1 aromatic heterocycles. The minimum Gasteiger partial charge on any atom is -0.494 e. The zero-order chi connectivity index (χ0) is 16.8. The number of amides is 1. The van der Waals surface area contributed by atoms with E-state index in [1.165, 1.54) is 0 Å². The van der Waals surface area contributed by atoms with Gasteiger partial charge in [-0.15, -0.1) is 11.3 Å². The molecule has 1 aliphatic rings. The summed E-state index contributed by atoms with van der Waals surface area (Å²) < 4.78 is 10.9. The molecule has 1 amide bonds. The number of benzene rings is 1. The van der Waals surface area contributed by atoms with E-state index in [4.69, 9.17) is 9.47 Å². The van der Waals surface area contributed by atoms with Crippen LogP contribution in [0.15, 0.2) is 35.8 Å². The second-order valence-electron chi connectivity index (χ2n) is 5.51. The van der Waals surface area contributed by atoms with Gasteiger partial charge in [0.2, 0.25) is 0 Å². The lowest BCUT2D eigenvalue weighted by Crippen LogP contribution is -2.39. The number of rotatable bonds is 7. The number of carbonyl (C=O) groups excluding carboxylic acids is 1. The summed E-state index contributed by atoms with van der Waals surface area (Å²) in [4.78, 5) is 18.5. The van der Waals surface area contributed by atoms with Crippen molar-refractivity contribution in [3.8, 4) is 11.5 Å². The molecule has 128 valence electrons. The molecule has 7 heteroatoms. The van der Waals surface area contributed by atoms with Gasteiger partial charge in [0.05, 0.1) is 6.61 Å². The lowest BCUT2D eigenvalue weighted by Gasteiger charge is -2.16. The van der Waals surface area contributed by atoms with Crippen LogP contribution in [0, 0.1) is 0 Å². The summed E-state index contributed by atoms with van der Waals surface area (Å²) in [6.07, 6.45) is 2.73. The quantitative estimate of drug-likeness (QED) is 0.833. The van der Waals surface area contributed by atoms with Gasteiger partial charge in [0.25, 0.3) is 5.91 Å². The van der Waals surface area contributed by atoms with E-state index >= 15 is 0 Å². The zero-order valence-corrected chi connectivity index (χ0v) is 14.4. The molecule has 1 unspecified atom stereocenters. The molecule has 0 radical (unpaired) electrons. The minimum absolute atomic E-state index is 0.0156. The molecule has 1 aromatic carbocycles. The Morgan fingerprint density at radius 1 is 1.33 bits per heavy atom. The van der Waals surface area contributed by atoms with E-state index in [9.17, 15) is 4.79 Å². The first-order valence-electron chi connectivity index (χ1n) is 8.04. The fourth-order valence-corrected chi connectivity index (χ4v) is 3.32. The SMILES string of the molecule is CCOc1ccc(OCC(=O)NC2CCN(c3nccs3)C2)cc1. The number of ether oxygens (including phenoxy) is 2. The van der Waals surface area contributed by atoms with Crippen LogP contribution in [0.4, 0.5) is 5.13 Å². The van der Waals surface area contributed by atoms with Crippen LogP contribution >= 0.6 is 11.3 Å². The van der Waals surface area contributed by atoms with Crippen molar-refractivity contribution in [2.75, 3.05) is 31.2 Å². The highest BCUT2D eigenvalue weighted by Gasteiger charge is 2.25. The molecule has 24 heavy (non-hydrogen) atoms. The van der Waals surface area contributed by atoms with Gasteiger partial charge in [0, 0.05) is 30.7 Å². The summed E-state index contributed by atoms with van der Waals surface area (Å²) in [5.41, 5.74) is 0. The number of nitrogens with zero attached hydrogens (tertiary/aromatic N) is 2. The van der Waals surface area contributed by atoms with Gasteiger partial charge >= 0.3 is 0 Å². The largest absolute Gasteiger partial charge is 0.494 e. The number of hydrogen-bond donors (Lipinski definition) is 1. The van der Waals surface area contributed by atoms with Crippen LogP contribution < -0.4 is 19.7 Å². The maximum atomic E-state index is 12.0. The fourth-order valence-electron chi connectivity index (χ4n) is 2.64. The summed E-state index contributed by atoms with van der Waals surface area (Å²) in [7, 11) is 0. The van der Waals surface area contributed by atoms with Crippen molar-refractivity contribution >= 4 is 22.4 Å². The molecule has 6 nitrogen and oxygen atoms in total. The van der Waals surface area contributed by atoms with Gasteiger partial charge in [-0.3, -0.25) is 4.79 Å². The van der Waals surface area contributed by atoms with Gasteiger partial charge in [0.1, 0.15) is 11.5 Å². The van der Waals surface area contributed by atoms with Crippen molar-refractivity contribution in [3.05, 3.63) is 35.8 Å². The predicted octanol–water partition coefficient (Wildman–Crippen LogP) is 2.32. The third-order valence-corrected chi connectivity index (χ3v) is 4.58. The number of aromatic nitrogens is 1. The molecule has 0 bridgehead atoms. The van der Waals surface area contributed by atoms with Crippen LogP contribution in [-0.4, -0.2) is 43.2 Å². The maximum Gasteiger partial charge on any atom is 0.258 e. The summed E-state index contributed by atoms with van der Waals surface area (Å²) in [6.45, 7) is 4.29. The molecule has 1 fully saturated rings. The first-order chi connectivity index (χ1) is 11.7. The Kier molecular flexibility index (Phi) is 5.53. The molecule has 2 heterocycles. The number of carbonyl (C=O) groups is 1. The average Bonchev–Trinajstić information content (AvgIpc) is 3.26. The Labute approximate surface area is 145 Å². The zero-order valence-electron chi connectivity index (χ0n) is 13.6. The highest BCUT2D eigenvalue weighted by molar-refractivity contribution is 7.13. The molecule has 1 saturated heterocycles. The Balaban J connectivity index is 1.41. The summed E-state index contributed by atoms with van der Waals surface area (Å²) >= 11 is 1.62. The topological polar surface area (TPSA) is 63.7 Å². The molecule has 0 aliphatic carbocycles. The second-order valence-corrected chi connectivity index (χ2v) is 6.38. The van der Waals surface area contributed by atoms with Gasteiger partial charge in [-0.1, -0.05) is 0 Å². The highest BCUT2D eigenvalue weighted by Crippen LogP contribution is 2.22. The average molecular weight is 347 g/mol. The van der Waals surface area contributed by atoms with Crippen molar-refractivity contribution in [1.82, 2.24) is 10.3 Å². The fraction of sp³-hybridized carbons (Fsp3) is 0.412. The van der Waals surface area contributed by atoms with Crippen LogP contribution in [0.3, 0.4) is 0 Å². The number of hydrogen-bond acceptors (Lipinski definition) is 6. The number of anilines is 1. The maximum absolute atomic E-state index is 12.0. The van der Waals surface area contributed by atoms with E-state index in [0.29, 0.717) is 12.4 Å². The molecule has 3 rings (SSSR count). The van der Waals surface area contributed by atoms with Crippen molar-refractivity contribution in [2.24, 2.45) is 0 Å². The molecule has 0 saturated carbocycles. The van der Waals surface area contributed by atoms with Crippen LogP contribution in [0.1, 0.15) is 13.3 Å². The summed E-state index contributed by atoms with van der Waals surface area (Å²) in [5.74, 6) is 1.35. The monoisotopic (exact) mass is 347 g/mol. The molecular formula is C17H21N3O3S. The van der Waals surface area contributed by atoms with Gasteiger partial charge in [-0.25, -0.2) is 4.98 Å². The standard InChI is InChI=1S/C17H21N3O3S/c1-2-22-14-3-5-15(6-4-14)23-12-16(21)19-13-7-9-20(11-13)17-18-8-10-24-17/h3-6,8,10,13H,2,7,9,11-12H2,1H3,(H,19,21). The normalized spacial score (nSPS) is 16.9. The molecule has 1 atom stereocenters. The molecule has 2 aromatic rings. The summed E-state index contributed by atoms with van der Waals surface area (Å²) in [5, 5.41) is 5.99. The van der Waals surface area contributed by atoms with Crippen LogP contribution in [-0.2, 0) is 4.79 Å². The number of nitrogens with one attached hydrogen (secondary N) is 1. The van der Waals surface area contributed by atoms with Crippen molar-refractivity contribution in [2.45, 2.75) is 19.4 Å². The highest BCUT2D eigenvalue weighted by atomic mass is 32.1. The van der Waals surface area contributed by atoms with Gasteiger partial charge in [-0.2, -0.15) is 0 Å². The molecule has 0 spiro atoms. The van der Waals surface area contributed by atoms with Crippen molar-refractivity contribution in [1.29, 1.82) is 0 Å². The third-order valence-electron chi connectivity index (χ3n) is 3.75. The first-order valence-corrected chi connectivity index (χ1v) is 8.92. The predicted molar refractivity (Wildman–Crippen MR) is 94.0 cm³/mol. The van der Waals surface area contributed by atoms with Gasteiger partial charge in [-0.05, 0) is 37.6 Å². The van der Waals surface area contributed by atoms with Crippen LogP contribution in [0.25, 0.3) is 0 Å². The summed E-state index contributed by atoms with van der Waals surface area (Å²) in [6, 6.07) is 7.42. The number of thiazole rings is 1. The van der Waals surface area contributed by atoms with Crippen LogP contribution in [0.2, 0.25) is 0 Å². The Morgan fingerprint density at radius 3 is 2.75 bits per heavy atom. The Hall–Kier alpha value is -2.28. The lowest BCUT2D eigenvalue weighted by atomic mass is 10.2. The smallest absolute Gasteiger partial charge is 0.258 e. The minimum atomic E-state index is -0.102. The molecular weight excluding hydrogens is 326 g/mol. The van der Waals surface area contributed by atoms with Crippen molar-refractivity contribution < 1.29 is 14.3 Å².